The summed E-state index contributed by atoms with van der Waals surface area (Å²) in [6.45, 7) is 7.82. The summed E-state index contributed by atoms with van der Waals surface area (Å²) in [5.41, 5.74) is 2.74. The van der Waals surface area contributed by atoms with Gasteiger partial charge in [0, 0.05) is 6.04 Å². The molecule has 0 saturated carbocycles. The van der Waals surface area contributed by atoms with Gasteiger partial charge >= 0.3 is 0 Å². The van der Waals surface area contributed by atoms with Crippen LogP contribution in [0.15, 0.2) is 24.3 Å². The molecule has 0 aliphatic heterocycles. The molecule has 0 aromatic heterocycles. The second-order valence-corrected chi connectivity index (χ2v) is 6.06. The van der Waals surface area contributed by atoms with Gasteiger partial charge in [-0.25, -0.2) is 0 Å². The minimum Gasteiger partial charge on any atom is -0.310 e. The fraction of sp³-hybridized carbons (Fsp3) is 0.684. The van der Waals surface area contributed by atoms with Gasteiger partial charge in [-0.2, -0.15) is 0 Å². The van der Waals surface area contributed by atoms with Crippen molar-refractivity contribution in [1.82, 2.24) is 5.32 Å². The standard InChI is InChI=1S/C19H33N/c1-4-5-6-7-8-9-10-11-16-20-18(3)19-14-12-17(2)13-15-19/h12-15,18,20H,4-11,16H2,1-3H3/t18-/m0/s1. The molecule has 1 atom stereocenters. The van der Waals surface area contributed by atoms with E-state index in [1.54, 1.807) is 0 Å². The topological polar surface area (TPSA) is 12.0 Å². The van der Waals surface area contributed by atoms with Crippen LogP contribution in [0.5, 0.6) is 0 Å². The predicted octanol–water partition coefficient (Wildman–Crippen LogP) is 5.79. The SMILES string of the molecule is CCCCCCCCCCN[C@@H](C)c1ccc(C)cc1. The zero-order valence-corrected chi connectivity index (χ0v) is 13.8. The Morgan fingerprint density at radius 1 is 0.850 bits per heavy atom. The van der Waals surface area contributed by atoms with E-state index in [4.69, 9.17) is 0 Å². The van der Waals surface area contributed by atoms with Crippen molar-refractivity contribution >= 4 is 0 Å². The van der Waals surface area contributed by atoms with Crippen LogP contribution in [0.3, 0.4) is 0 Å². The fourth-order valence-corrected chi connectivity index (χ4v) is 2.55. The van der Waals surface area contributed by atoms with E-state index in [9.17, 15) is 0 Å². The maximum atomic E-state index is 3.63. The third-order valence-corrected chi connectivity index (χ3v) is 4.06. The summed E-state index contributed by atoms with van der Waals surface area (Å²) in [7, 11) is 0. The average molecular weight is 275 g/mol. The van der Waals surface area contributed by atoms with Crippen LogP contribution in [0.1, 0.15) is 82.4 Å². The quantitative estimate of drug-likeness (QED) is 0.504. The highest BCUT2D eigenvalue weighted by molar-refractivity contribution is 5.23. The molecular formula is C19H33N. The van der Waals surface area contributed by atoms with Gasteiger partial charge in [0.25, 0.3) is 0 Å². The molecule has 114 valence electrons. The summed E-state index contributed by atoms with van der Waals surface area (Å²) < 4.78 is 0. The number of benzene rings is 1. The van der Waals surface area contributed by atoms with E-state index in [2.05, 4.69) is 50.4 Å². The maximum absolute atomic E-state index is 3.63. The molecule has 1 heteroatoms. The molecule has 1 N–H and O–H groups in total. The Balaban J connectivity index is 1.99. The fourth-order valence-electron chi connectivity index (χ4n) is 2.55. The summed E-state index contributed by atoms with van der Waals surface area (Å²) in [6, 6.07) is 9.34. The van der Waals surface area contributed by atoms with Crippen LogP contribution in [0.4, 0.5) is 0 Å². The van der Waals surface area contributed by atoms with Crippen molar-refractivity contribution in [3.63, 3.8) is 0 Å². The number of unbranched alkanes of at least 4 members (excludes halogenated alkanes) is 7. The zero-order valence-electron chi connectivity index (χ0n) is 13.8. The summed E-state index contributed by atoms with van der Waals surface area (Å²) in [6.07, 6.45) is 11.1. The van der Waals surface area contributed by atoms with Gasteiger partial charge in [0.15, 0.2) is 0 Å². The molecule has 0 radical (unpaired) electrons. The molecule has 1 aromatic rings. The van der Waals surface area contributed by atoms with Gasteiger partial charge in [-0.1, -0.05) is 81.7 Å². The number of aryl methyl sites for hydroxylation is 1. The van der Waals surface area contributed by atoms with E-state index >= 15 is 0 Å². The maximum Gasteiger partial charge on any atom is 0.0291 e. The van der Waals surface area contributed by atoms with Crippen LogP contribution in [-0.2, 0) is 0 Å². The van der Waals surface area contributed by atoms with Gasteiger partial charge in [-0.3, -0.25) is 0 Å². The second kappa shape index (κ2) is 10.9. The van der Waals surface area contributed by atoms with E-state index in [0.717, 1.165) is 6.54 Å². The van der Waals surface area contributed by atoms with E-state index in [1.165, 1.54) is 62.5 Å². The number of hydrogen-bond acceptors (Lipinski definition) is 1. The summed E-state index contributed by atoms with van der Waals surface area (Å²) in [5.74, 6) is 0. The van der Waals surface area contributed by atoms with E-state index in [1.807, 2.05) is 0 Å². The van der Waals surface area contributed by atoms with Crippen LogP contribution in [0.25, 0.3) is 0 Å². The molecular weight excluding hydrogens is 242 g/mol. The first-order valence-electron chi connectivity index (χ1n) is 8.54. The second-order valence-electron chi connectivity index (χ2n) is 6.06. The van der Waals surface area contributed by atoms with Crippen molar-refractivity contribution < 1.29 is 0 Å². The number of nitrogens with one attached hydrogen (secondary N) is 1. The van der Waals surface area contributed by atoms with Gasteiger partial charge in [-0.05, 0) is 32.4 Å². The van der Waals surface area contributed by atoms with E-state index < -0.39 is 0 Å². The summed E-state index contributed by atoms with van der Waals surface area (Å²) in [5, 5.41) is 3.63. The molecule has 0 saturated heterocycles. The van der Waals surface area contributed by atoms with Gasteiger partial charge in [-0.15, -0.1) is 0 Å². The highest BCUT2D eigenvalue weighted by Gasteiger charge is 2.03. The Morgan fingerprint density at radius 2 is 1.40 bits per heavy atom. The Labute approximate surface area is 126 Å². The Morgan fingerprint density at radius 3 is 2.00 bits per heavy atom. The van der Waals surface area contributed by atoms with Gasteiger partial charge in [0.1, 0.15) is 0 Å². The third kappa shape index (κ3) is 7.69. The van der Waals surface area contributed by atoms with Crippen molar-refractivity contribution in [1.29, 1.82) is 0 Å². The van der Waals surface area contributed by atoms with Crippen LogP contribution in [0.2, 0.25) is 0 Å². The molecule has 0 fully saturated rings. The molecule has 0 bridgehead atoms. The molecule has 20 heavy (non-hydrogen) atoms. The smallest absolute Gasteiger partial charge is 0.0291 e. The lowest BCUT2D eigenvalue weighted by atomic mass is 10.1. The minimum atomic E-state index is 0.472. The van der Waals surface area contributed by atoms with Crippen molar-refractivity contribution in [3.05, 3.63) is 35.4 Å². The molecule has 0 aliphatic carbocycles. The van der Waals surface area contributed by atoms with Gasteiger partial charge < -0.3 is 5.32 Å². The Hall–Kier alpha value is -0.820. The lowest BCUT2D eigenvalue weighted by Gasteiger charge is -2.14. The van der Waals surface area contributed by atoms with Crippen LogP contribution >= 0.6 is 0 Å². The molecule has 1 aromatic carbocycles. The highest BCUT2D eigenvalue weighted by Crippen LogP contribution is 2.13. The van der Waals surface area contributed by atoms with Crippen molar-refractivity contribution in [2.75, 3.05) is 6.54 Å². The van der Waals surface area contributed by atoms with Crippen molar-refractivity contribution in [2.24, 2.45) is 0 Å². The predicted molar refractivity (Wildman–Crippen MR) is 90.2 cm³/mol. The number of rotatable bonds is 11. The van der Waals surface area contributed by atoms with E-state index in [-0.39, 0.29) is 0 Å². The normalized spacial score (nSPS) is 12.6. The molecule has 0 aliphatic rings. The van der Waals surface area contributed by atoms with Crippen molar-refractivity contribution in [3.8, 4) is 0 Å². The van der Waals surface area contributed by atoms with Gasteiger partial charge in [0.2, 0.25) is 0 Å². The zero-order chi connectivity index (χ0) is 14.6. The molecule has 0 heterocycles. The van der Waals surface area contributed by atoms with Crippen LogP contribution in [0, 0.1) is 6.92 Å². The molecule has 0 spiro atoms. The molecule has 0 unspecified atom stereocenters. The monoisotopic (exact) mass is 275 g/mol. The van der Waals surface area contributed by atoms with Crippen molar-refractivity contribution in [2.45, 2.75) is 78.2 Å². The number of hydrogen-bond donors (Lipinski definition) is 1. The first-order chi connectivity index (χ1) is 9.74. The van der Waals surface area contributed by atoms with Crippen LogP contribution in [-0.4, -0.2) is 6.54 Å². The van der Waals surface area contributed by atoms with Crippen LogP contribution < -0.4 is 5.32 Å². The summed E-state index contributed by atoms with van der Waals surface area (Å²) in [4.78, 5) is 0. The molecule has 1 nitrogen and oxygen atoms in total. The van der Waals surface area contributed by atoms with E-state index in [0.29, 0.717) is 6.04 Å². The highest BCUT2D eigenvalue weighted by atomic mass is 14.9. The minimum absolute atomic E-state index is 0.472. The lowest BCUT2D eigenvalue weighted by Crippen LogP contribution is -2.19. The largest absolute Gasteiger partial charge is 0.310 e. The first kappa shape index (κ1) is 17.2. The lowest BCUT2D eigenvalue weighted by molar-refractivity contribution is 0.521. The Kier molecular flexibility index (Phi) is 9.40. The Bertz CT molecular complexity index is 328. The van der Waals surface area contributed by atoms with Gasteiger partial charge in [0.05, 0.1) is 0 Å². The molecule has 0 amide bonds. The molecule has 1 rings (SSSR count). The average Bonchev–Trinajstić information content (AvgIpc) is 2.46. The third-order valence-electron chi connectivity index (χ3n) is 4.06. The first-order valence-corrected chi connectivity index (χ1v) is 8.54. The summed E-state index contributed by atoms with van der Waals surface area (Å²) >= 11 is 0.